The molecular weight excluding hydrogens is 456 g/mol. The maximum absolute atomic E-state index is 12.4. The smallest absolute Gasteiger partial charge is 0.245 e. The van der Waals surface area contributed by atoms with Crippen molar-refractivity contribution in [3.8, 4) is 0 Å². The summed E-state index contributed by atoms with van der Waals surface area (Å²) in [6, 6.07) is 16.2. The van der Waals surface area contributed by atoms with Gasteiger partial charge in [0.15, 0.2) is 0 Å². The van der Waals surface area contributed by atoms with E-state index < -0.39 is 18.6 Å². The molecule has 1 aliphatic rings. The number of nitrogens with one attached hydrogen (secondary N) is 4. The summed E-state index contributed by atoms with van der Waals surface area (Å²) in [6.07, 6.45) is 1.72. The standard InChI is InChI=1S/C24H32N6O3.ClH/c25-23(26)18-7-4-8-20(13-18)28-21(16-31)24(33)27-14-22(32)29-19-9-11-30(12-10-19)15-17-5-2-1-3-6-17;/h1-8,13,19,21,28,31H,9-12,14-16H2,(H3,25,26)(H,27,33)(H,29,32);1H. The van der Waals surface area contributed by atoms with Gasteiger partial charge in [-0.3, -0.25) is 19.9 Å². The summed E-state index contributed by atoms with van der Waals surface area (Å²) in [4.78, 5) is 27.1. The van der Waals surface area contributed by atoms with Crippen LogP contribution < -0.4 is 21.7 Å². The number of aliphatic hydroxyl groups is 1. The minimum atomic E-state index is -0.929. The highest BCUT2D eigenvalue weighted by atomic mass is 35.5. The van der Waals surface area contributed by atoms with Crippen LogP contribution in [0.2, 0.25) is 0 Å². The molecule has 1 fully saturated rings. The van der Waals surface area contributed by atoms with E-state index in [2.05, 4.69) is 33.0 Å². The molecule has 9 nitrogen and oxygen atoms in total. The van der Waals surface area contributed by atoms with E-state index in [1.54, 1.807) is 24.3 Å². The molecule has 10 heteroatoms. The molecule has 3 rings (SSSR count). The van der Waals surface area contributed by atoms with E-state index in [9.17, 15) is 14.7 Å². The number of nitrogen functional groups attached to an aromatic ring is 1. The molecule has 34 heavy (non-hydrogen) atoms. The van der Waals surface area contributed by atoms with Crippen LogP contribution in [0, 0.1) is 5.41 Å². The lowest BCUT2D eigenvalue weighted by atomic mass is 10.0. The number of nitrogens with zero attached hydrogens (tertiary/aromatic N) is 1. The number of aliphatic hydroxyl groups excluding tert-OH is 1. The number of hydrogen-bond acceptors (Lipinski definition) is 6. The van der Waals surface area contributed by atoms with Crippen molar-refractivity contribution < 1.29 is 14.7 Å². The van der Waals surface area contributed by atoms with Crippen LogP contribution in [0.1, 0.15) is 24.0 Å². The molecule has 1 unspecified atom stereocenters. The number of rotatable bonds is 10. The molecule has 0 aromatic heterocycles. The molecule has 0 saturated carbocycles. The van der Waals surface area contributed by atoms with Crippen molar-refractivity contribution in [1.82, 2.24) is 15.5 Å². The first kappa shape index (κ1) is 27.1. The molecule has 0 spiro atoms. The summed E-state index contributed by atoms with van der Waals surface area (Å²) < 4.78 is 0. The van der Waals surface area contributed by atoms with Crippen LogP contribution in [0.25, 0.3) is 0 Å². The van der Waals surface area contributed by atoms with Crippen molar-refractivity contribution in [2.75, 3.05) is 31.6 Å². The Labute approximate surface area is 206 Å². The molecule has 1 atom stereocenters. The van der Waals surface area contributed by atoms with Crippen LogP contribution in [-0.2, 0) is 16.1 Å². The fourth-order valence-corrected chi connectivity index (χ4v) is 3.82. The summed E-state index contributed by atoms with van der Waals surface area (Å²) in [5.74, 6) is -0.829. The van der Waals surface area contributed by atoms with Gasteiger partial charge in [-0.25, -0.2) is 0 Å². The number of amidine groups is 1. The normalized spacial score (nSPS) is 15.0. The second kappa shape index (κ2) is 13.5. The second-order valence-electron chi connectivity index (χ2n) is 8.20. The SMILES string of the molecule is Cl.N=C(N)c1cccc(NC(CO)C(=O)NCC(=O)NC2CCN(Cc3ccccc3)CC2)c1. The van der Waals surface area contributed by atoms with E-state index in [0.717, 1.165) is 32.5 Å². The summed E-state index contributed by atoms with van der Waals surface area (Å²) in [7, 11) is 0. The van der Waals surface area contributed by atoms with Crippen LogP contribution in [0.4, 0.5) is 5.69 Å². The Balaban J connectivity index is 0.00000408. The first-order valence-electron chi connectivity index (χ1n) is 11.1. The molecule has 1 aliphatic heterocycles. The summed E-state index contributed by atoms with van der Waals surface area (Å²) in [5, 5.41) is 25.6. The van der Waals surface area contributed by atoms with Gasteiger partial charge in [-0.2, -0.15) is 0 Å². The molecule has 0 bridgehead atoms. The Kier molecular flexibility index (Phi) is 10.8. The molecule has 2 aromatic rings. The van der Waals surface area contributed by atoms with Gasteiger partial charge >= 0.3 is 0 Å². The zero-order chi connectivity index (χ0) is 23.6. The molecule has 2 amide bonds. The van der Waals surface area contributed by atoms with Crippen LogP contribution in [0.3, 0.4) is 0 Å². The number of halogens is 1. The number of piperidine rings is 1. The lowest BCUT2D eigenvalue weighted by molar-refractivity contribution is -0.127. The largest absolute Gasteiger partial charge is 0.394 e. The monoisotopic (exact) mass is 488 g/mol. The van der Waals surface area contributed by atoms with Crippen LogP contribution >= 0.6 is 12.4 Å². The molecular formula is C24H33ClN6O3. The fraction of sp³-hybridized carbons (Fsp3) is 0.375. The Morgan fingerprint density at radius 2 is 1.82 bits per heavy atom. The minimum absolute atomic E-state index is 0. The number of amides is 2. The van der Waals surface area contributed by atoms with Crippen molar-refractivity contribution in [3.05, 3.63) is 65.7 Å². The molecule has 1 saturated heterocycles. The van der Waals surface area contributed by atoms with E-state index in [1.807, 2.05) is 18.2 Å². The van der Waals surface area contributed by atoms with Crippen molar-refractivity contribution in [1.29, 1.82) is 5.41 Å². The van der Waals surface area contributed by atoms with Crippen molar-refractivity contribution in [2.45, 2.75) is 31.5 Å². The second-order valence-corrected chi connectivity index (χ2v) is 8.20. The summed E-state index contributed by atoms with van der Waals surface area (Å²) >= 11 is 0. The summed E-state index contributed by atoms with van der Waals surface area (Å²) in [5.41, 5.74) is 7.82. The third kappa shape index (κ3) is 8.33. The number of nitrogens with two attached hydrogens (primary N) is 1. The number of carbonyl (C=O) groups is 2. The average molecular weight is 489 g/mol. The van der Waals surface area contributed by atoms with Gasteiger partial charge in [-0.1, -0.05) is 42.5 Å². The Morgan fingerprint density at radius 1 is 1.12 bits per heavy atom. The van der Waals surface area contributed by atoms with E-state index in [0.29, 0.717) is 11.3 Å². The van der Waals surface area contributed by atoms with Crippen molar-refractivity contribution >= 4 is 35.7 Å². The molecule has 0 radical (unpaired) electrons. The first-order chi connectivity index (χ1) is 15.9. The predicted octanol–water partition coefficient (Wildman–Crippen LogP) is 1.06. The summed E-state index contributed by atoms with van der Waals surface area (Å²) in [6.45, 7) is 2.11. The number of anilines is 1. The Hall–Kier alpha value is -3.14. The molecule has 7 N–H and O–H groups in total. The van der Waals surface area contributed by atoms with Crippen LogP contribution in [0.5, 0.6) is 0 Å². The number of hydrogen-bond donors (Lipinski definition) is 6. The van der Waals surface area contributed by atoms with Gasteiger partial charge < -0.3 is 26.8 Å². The number of benzene rings is 2. The molecule has 2 aromatic carbocycles. The maximum Gasteiger partial charge on any atom is 0.245 e. The van der Waals surface area contributed by atoms with E-state index in [-0.39, 0.29) is 36.7 Å². The highest BCUT2D eigenvalue weighted by molar-refractivity contribution is 5.96. The number of carbonyl (C=O) groups excluding carboxylic acids is 2. The zero-order valence-corrected chi connectivity index (χ0v) is 19.8. The van der Waals surface area contributed by atoms with Gasteiger partial charge in [0.05, 0.1) is 13.2 Å². The number of likely N-dealkylation sites (tertiary alicyclic amines) is 1. The minimum Gasteiger partial charge on any atom is -0.394 e. The highest BCUT2D eigenvalue weighted by Gasteiger charge is 2.22. The van der Waals surface area contributed by atoms with Gasteiger partial charge in [0, 0.05) is 36.9 Å². The third-order valence-electron chi connectivity index (χ3n) is 5.64. The lowest BCUT2D eigenvalue weighted by Crippen LogP contribution is -2.49. The van der Waals surface area contributed by atoms with Gasteiger partial charge in [0.2, 0.25) is 11.8 Å². The fourth-order valence-electron chi connectivity index (χ4n) is 3.82. The quantitative estimate of drug-likeness (QED) is 0.218. The average Bonchev–Trinajstić information content (AvgIpc) is 2.83. The lowest BCUT2D eigenvalue weighted by Gasteiger charge is -2.32. The van der Waals surface area contributed by atoms with Gasteiger partial charge in [-0.15, -0.1) is 12.4 Å². The zero-order valence-electron chi connectivity index (χ0n) is 19.0. The van der Waals surface area contributed by atoms with E-state index in [1.165, 1.54) is 5.56 Å². The van der Waals surface area contributed by atoms with Gasteiger partial charge in [0.25, 0.3) is 0 Å². The van der Waals surface area contributed by atoms with E-state index >= 15 is 0 Å². The highest BCUT2D eigenvalue weighted by Crippen LogP contribution is 2.14. The molecule has 1 heterocycles. The first-order valence-corrected chi connectivity index (χ1v) is 11.1. The predicted molar refractivity (Wildman–Crippen MR) is 135 cm³/mol. The third-order valence-corrected chi connectivity index (χ3v) is 5.64. The van der Waals surface area contributed by atoms with Gasteiger partial charge in [-0.05, 0) is 30.5 Å². The molecule has 184 valence electrons. The Bertz CT molecular complexity index is 951. The van der Waals surface area contributed by atoms with Crippen molar-refractivity contribution in [2.24, 2.45) is 5.73 Å². The van der Waals surface area contributed by atoms with Crippen LogP contribution in [-0.4, -0.2) is 66.0 Å². The maximum atomic E-state index is 12.4. The topological polar surface area (TPSA) is 144 Å². The van der Waals surface area contributed by atoms with Crippen LogP contribution in [0.15, 0.2) is 54.6 Å². The Morgan fingerprint density at radius 3 is 2.47 bits per heavy atom. The molecule has 0 aliphatic carbocycles. The van der Waals surface area contributed by atoms with E-state index in [4.69, 9.17) is 11.1 Å². The van der Waals surface area contributed by atoms with Crippen molar-refractivity contribution in [3.63, 3.8) is 0 Å². The van der Waals surface area contributed by atoms with Gasteiger partial charge in [0.1, 0.15) is 11.9 Å².